The SMILES string of the molecule is COCc1ccccc1CNC(=O)c1n[nH]c2c1CNCC2. The molecule has 0 atom stereocenters. The van der Waals surface area contributed by atoms with Crippen molar-refractivity contribution in [2.75, 3.05) is 13.7 Å². The Hall–Kier alpha value is -2.18. The van der Waals surface area contributed by atoms with Crippen molar-refractivity contribution in [2.24, 2.45) is 0 Å². The minimum absolute atomic E-state index is 0.145. The van der Waals surface area contributed by atoms with Gasteiger partial charge in [-0.05, 0) is 11.1 Å². The van der Waals surface area contributed by atoms with Gasteiger partial charge in [0.2, 0.25) is 0 Å². The van der Waals surface area contributed by atoms with Gasteiger partial charge in [-0.1, -0.05) is 24.3 Å². The molecular weight excluding hydrogens is 280 g/mol. The molecule has 1 aliphatic rings. The zero-order chi connectivity index (χ0) is 15.4. The standard InChI is InChI=1S/C16H20N4O2/c1-22-10-12-5-3-2-4-11(12)8-18-16(21)15-13-9-17-7-6-14(13)19-20-15/h2-5,17H,6-10H2,1H3,(H,18,21)(H,19,20). The summed E-state index contributed by atoms with van der Waals surface area (Å²) in [6, 6.07) is 7.93. The molecule has 1 aromatic carbocycles. The van der Waals surface area contributed by atoms with Crippen molar-refractivity contribution >= 4 is 5.91 Å². The van der Waals surface area contributed by atoms with E-state index in [0.717, 1.165) is 35.3 Å². The second-order valence-corrected chi connectivity index (χ2v) is 5.34. The number of amides is 1. The number of aromatic nitrogens is 2. The summed E-state index contributed by atoms with van der Waals surface area (Å²) in [4.78, 5) is 12.4. The van der Waals surface area contributed by atoms with Crippen molar-refractivity contribution < 1.29 is 9.53 Å². The van der Waals surface area contributed by atoms with Crippen molar-refractivity contribution in [1.29, 1.82) is 0 Å². The van der Waals surface area contributed by atoms with Crippen molar-refractivity contribution in [3.8, 4) is 0 Å². The van der Waals surface area contributed by atoms with E-state index in [1.807, 2.05) is 24.3 Å². The number of carbonyl (C=O) groups excluding carboxylic acids is 1. The lowest BCUT2D eigenvalue weighted by Gasteiger charge is -2.13. The number of hydrogen-bond acceptors (Lipinski definition) is 4. The number of fused-ring (bicyclic) bond motifs is 1. The van der Waals surface area contributed by atoms with Gasteiger partial charge in [-0.15, -0.1) is 0 Å². The van der Waals surface area contributed by atoms with E-state index in [9.17, 15) is 4.79 Å². The molecule has 1 amide bonds. The van der Waals surface area contributed by atoms with E-state index < -0.39 is 0 Å². The number of benzene rings is 1. The molecule has 6 heteroatoms. The van der Waals surface area contributed by atoms with Crippen LogP contribution in [0.5, 0.6) is 0 Å². The number of H-pyrrole nitrogens is 1. The van der Waals surface area contributed by atoms with Gasteiger partial charge in [0.05, 0.1) is 6.61 Å². The third kappa shape index (κ3) is 3.03. The molecule has 0 bridgehead atoms. The highest BCUT2D eigenvalue weighted by molar-refractivity contribution is 5.94. The average Bonchev–Trinajstić information content (AvgIpc) is 2.98. The largest absolute Gasteiger partial charge is 0.380 e. The molecule has 0 fully saturated rings. The van der Waals surface area contributed by atoms with Crippen molar-refractivity contribution in [3.05, 3.63) is 52.3 Å². The Labute approximate surface area is 129 Å². The van der Waals surface area contributed by atoms with E-state index in [4.69, 9.17) is 4.74 Å². The molecule has 22 heavy (non-hydrogen) atoms. The van der Waals surface area contributed by atoms with Gasteiger partial charge in [-0.3, -0.25) is 9.89 Å². The summed E-state index contributed by atoms with van der Waals surface area (Å²) >= 11 is 0. The van der Waals surface area contributed by atoms with Crippen LogP contribution >= 0.6 is 0 Å². The average molecular weight is 300 g/mol. The molecule has 2 heterocycles. The predicted octanol–water partition coefficient (Wildman–Crippen LogP) is 1.13. The first-order chi connectivity index (χ1) is 10.8. The fourth-order valence-corrected chi connectivity index (χ4v) is 2.70. The maximum Gasteiger partial charge on any atom is 0.272 e. The van der Waals surface area contributed by atoms with Crippen LogP contribution in [0.4, 0.5) is 0 Å². The third-order valence-corrected chi connectivity index (χ3v) is 3.88. The van der Waals surface area contributed by atoms with E-state index in [1.54, 1.807) is 7.11 Å². The number of nitrogens with zero attached hydrogens (tertiary/aromatic N) is 1. The zero-order valence-corrected chi connectivity index (χ0v) is 12.6. The second-order valence-electron chi connectivity index (χ2n) is 5.34. The van der Waals surface area contributed by atoms with E-state index in [-0.39, 0.29) is 5.91 Å². The number of carbonyl (C=O) groups is 1. The monoisotopic (exact) mass is 300 g/mol. The number of aromatic amines is 1. The maximum absolute atomic E-state index is 12.4. The van der Waals surface area contributed by atoms with Crippen LogP contribution in [0, 0.1) is 0 Å². The van der Waals surface area contributed by atoms with Gasteiger partial charge >= 0.3 is 0 Å². The molecule has 0 saturated carbocycles. The summed E-state index contributed by atoms with van der Waals surface area (Å²) in [6.45, 7) is 2.61. The van der Waals surface area contributed by atoms with Gasteiger partial charge in [-0.2, -0.15) is 5.10 Å². The molecule has 116 valence electrons. The number of nitrogens with one attached hydrogen (secondary N) is 3. The van der Waals surface area contributed by atoms with Crippen molar-refractivity contribution in [1.82, 2.24) is 20.8 Å². The third-order valence-electron chi connectivity index (χ3n) is 3.88. The Balaban J connectivity index is 1.69. The summed E-state index contributed by atoms with van der Waals surface area (Å²) in [7, 11) is 1.67. The highest BCUT2D eigenvalue weighted by Gasteiger charge is 2.21. The van der Waals surface area contributed by atoms with Crippen LogP contribution in [-0.2, 0) is 30.9 Å². The fourth-order valence-electron chi connectivity index (χ4n) is 2.70. The maximum atomic E-state index is 12.4. The first kappa shape index (κ1) is 14.7. The van der Waals surface area contributed by atoms with Crippen molar-refractivity contribution in [2.45, 2.75) is 26.1 Å². The molecule has 0 saturated heterocycles. The van der Waals surface area contributed by atoms with E-state index in [2.05, 4.69) is 20.8 Å². The lowest BCUT2D eigenvalue weighted by Crippen LogP contribution is -2.28. The molecule has 1 aliphatic heterocycles. The Morgan fingerprint density at radius 3 is 3.00 bits per heavy atom. The van der Waals surface area contributed by atoms with Crippen LogP contribution in [-0.4, -0.2) is 29.8 Å². The van der Waals surface area contributed by atoms with Gasteiger partial charge in [-0.25, -0.2) is 0 Å². The summed E-state index contributed by atoms with van der Waals surface area (Å²) in [6.07, 6.45) is 0.881. The van der Waals surface area contributed by atoms with Crippen LogP contribution in [0.2, 0.25) is 0 Å². The molecule has 0 spiro atoms. The lowest BCUT2D eigenvalue weighted by atomic mass is 10.1. The van der Waals surface area contributed by atoms with Crippen LogP contribution in [0.3, 0.4) is 0 Å². The van der Waals surface area contributed by atoms with Crippen LogP contribution in [0.1, 0.15) is 32.9 Å². The molecule has 0 unspecified atom stereocenters. The van der Waals surface area contributed by atoms with Gasteiger partial charge < -0.3 is 15.4 Å². The van der Waals surface area contributed by atoms with Crippen LogP contribution < -0.4 is 10.6 Å². The smallest absolute Gasteiger partial charge is 0.272 e. The minimum atomic E-state index is -0.145. The molecule has 1 aromatic heterocycles. The number of rotatable bonds is 5. The second kappa shape index (κ2) is 6.72. The highest BCUT2D eigenvalue weighted by Crippen LogP contribution is 2.15. The normalized spacial score (nSPS) is 13.7. The summed E-state index contributed by atoms with van der Waals surface area (Å²) in [5.74, 6) is -0.145. The Kier molecular flexibility index (Phi) is 4.50. The topological polar surface area (TPSA) is 79.0 Å². The number of ether oxygens (including phenoxy) is 1. The predicted molar refractivity (Wildman–Crippen MR) is 82.3 cm³/mol. The number of hydrogen-bond donors (Lipinski definition) is 3. The fraction of sp³-hybridized carbons (Fsp3) is 0.375. The number of methoxy groups -OCH3 is 1. The van der Waals surface area contributed by atoms with E-state index >= 15 is 0 Å². The lowest BCUT2D eigenvalue weighted by molar-refractivity contribution is 0.0944. The van der Waals surface area contributed by atoms with Crippen molar-refractivity contribution in [3.63, 3.8) is 0 Å². The summed E-state index contributed by atoms with van der Waals surface area (Å²) in [5.41, 5.74) is 4.67. The molecular formula is C16H20N4O2. The molecule has 0 radical (unpaired) electrons. The molecule has 0 aliphatic carbocycles. The highest BCUT2D eigenvalue weighted by atomic mass is 16.5. The van der Waals surface area contributed by atoms with Crippen LogP contribution in [0.25, 0.3) is 0 Å². The quantitative estimate of drug-likeness (QED) is 0.773. The zero-order valence-electron chi connectivity index (χ0n) is 12.6. The van der Waals surface area contributed by atoms with Crippen LogP contribution in [0.15, 0.2) is 24.3 Å². The molecule has 2 aromatic rings. The Bertz CT molecular complexity index is 666. The molecule has 6 nitrogen and oxygen atoms in total. The Morgan fingerprint density at radius 1 is 1.36 bits per heavy atom. The minimum Gasteiger partial charge on any atom is -0.380 e. The van der Waals surface area contributed by atoms with Gasteiger partial charge in [0.1, 0.15) is 0 Å². The van der Waals surface area contributed by atoms with Gasteiger partial charge in [0.25, 0.3) is 5.91 Å². The first-order valence-electron chi connectivity index (χ1n) is 7.40. The van der Waals surface area contributed by atoms with Gasteiger partial charge in [0.15, 0.2) is 5.69 Å². The summed E-state index contributed by atoms with van der Waals surface area (Å²) in [5, 5.41) is 13.3. The Morgan fingerprint density at radius 2 is 2.18 bits per heavy atom. The van der Waals surface area contributed by atoms with Gasteiger partial charge in [0, 0.05) is 44.4 Å². The van der Waals surface area contributed by atoms with E-state index in [0.29, 0.717) is 25.4 Å². The first-order valence-corrected chi connectivity index (χ1v) is 7.40. The molecule has 3 rings (SSSR count). The van der Waals surface area contributed by atoms with E-state index in [1.165, 1.54) is 0 Å². The molecule has 3 N–H and O–H groups in total. The summed E-state index contributed by atoms with van der Waals surface area (Å²) < 4.78 is 5.18.